The van der Waals surface area contributed by atoms with Crippen molar-refractivity contribution in [3.05, 3.63) is 35.4 Å². The number of esters is 1. The number of nitrogens with zero attached hydrogens (tertiary/aromatic N) is 1. The molecule has 0 atom stereocenters. The molecule has 1 amide bonds. The lowest BCUT2D eigenvalue weighted by atomic mass is 10.1. The zero-order valence-electron chi connectivity index (χ0n) is 14.0. The number of hydrogen-bond acceptors (Lipinski definition) is 4. The summed E-state index contributed by atoms with van der Waals surface area (Å²) >= 11 is 0. The van der Waals surface area contributed by atoms with Crippen molar-refractivity contribution in [3.8, 4) is 0 Å². The Hall–Kier alpha value is -2.37. The number of carboxylic acid groups (broad SMARTS) is 1. The number of carbonyl (C=O) groups excluding carboxylic acids is 2. The van der Waals surface area contributed by atoms with Gasteiger partial charge in [-0.15, -0.1) is 0 Å². The molecule has 0 radical (unpaired) electrons. The molecule has 0 saturated heterocycles. The van der Waals surface area contributed by atoms with Crippen molar-refractivity contribution < 1.29 is 24.2 Å². The molecule has 6 nitrogen and oxygen atoms in total. The predicted molar refractivity (Wildman–Crippen MR) is 85.2 cm³/mol. The first-order valence-electron chi connectivity index (χ1n) is 7.36. The van der Waals surface area contributed by atoms with Crippen molar-refractivity contribution in [1.82, 2.24) is 4.90 Å². The third-order valence-corrected chi connectivity index (χ3v) is 3.03. The smallest absolute Gasteiger partial charge is 0.335 e. The Bertz CT molecular complexity index is 589. The van der Waals surface area contributed by atoms with Crippen LogP contribution < -0.4 is 0 Å². The molecule has 0 aliphatic rings. The molecule has 0 fully saturated rings. The van der Waals surface area contributed by atoms with Crippen LogP contribution in [0, 0.1) is 0 Å². The molecule has 1 aromatic rings. The maximum atomic E-state index is 12.1. The SMILES string of the molecule is CN(CCC(=O)OC(C)(C)C)C(=O)Cc1cccc(C(=O)O)c1. The Kier molecular flexibility index (Phi) is 6.30. The van der Waals surface area contributed by atoms with Gasteiger partial charge in [0.2, 0.25) is 5.91 Å². The lowest BCUT2D eigenvalue weighted by Crippen LogP contribution is -2.32. The molecule has 0 aliphatic heterocycles. The van der Waals surface area contributed by atoms with Gasteiger partial charge in [0.15, 0.2) is 0 Å². The summed E-state index contributed by atoms with van der Waals surface area (Å²) in [5, 5.41) is 8.94. The van der Waals surface area contributed by atoms with E-state index in [0.717, 1.165) is 0 Å². The minimum absolute atomic E-state index is 0.0892. The second-order valence-electron chi connectivity index (χ2n) is 6.33. The van der Waals surface area contributed by atoms with Gasteiger partial charge in [-0.1, -0.05) is 12.1 Å². The summed E-state index contributed by atoms with van der Waals surface area (Å²) in [6.45, 7) is 5.62. The van der Waals surface area contributed by atoms with Crippen molar-refractivity contribution in [2.24, 2.45) is 0 Å². The Morgan fingerprint density at radius 3 is 2.43 bits per heavy atom. The second kappa shape index (κ2) is 7.76. The standard InChI is InChI=1S/C17H23NO5/c1-17(2,3)23-15(20)8-9-18(4)14(19)11-12-6-5-7-13(10-12)16(21)22/h5-7,10H,8-9,11H2,1-4H3,(H,21,22). The molecule has 0 spiro atoms. The van der Waals surface area contributed by atoms with E-state index in [2.05, 4.69) is 0 Å². The summed E-state index contributed by atoms with van der Waals surface area (Å²) in [6, 6.07) is 6.25. The maximum absolute atomic E-state index is 12.1. The number of likely N-dealkylation sites (N-methyl/N-ethyl adjacent to an activating group) is 1. The molecular formula is C17H23NO5. The molecule has 0 aliphatic carbocycles. The summed E-state index contributed by atoms with van der Waals surface area (Å²) in [5.41, 5.74) is 0.224. The van der Waals surface area contributed by atoms with Crippen molar-refractivity contribution >= 4 is 17.8 Å². The minimum Gasteiger partial charge on any atom is -0.478 e. The van der Waals surface area contributed by atoms with Crippen LogP contribution in [0.1, 0.15) is 43.1 Å². The second-order valence-corrected chi connectivity index (χ2v) is 6.33. The first-order chi connectivity index (χ1) is 10.6. The number of rotatable bonds is 6. The monoisotopic (exact) mass is 321 g/mol. The number of hydrogen-bond donors (Lipinski definition) is 1. The van der Waals surface area contributed by atoms with Gasteiger partial charge in [-0.2, -0.15) is 0 Å². The summed E-state index contributed by atoms with van der Waals surface area (Å²) in [5.74, 6) is -1.57. The van der Waals surface area contributed by atoms with Gasteiger partial charge in [0, 0.05) is 13.6 Å². The van der Waals surface area contributed by atoms with Crippen molar-refractivity contribution in [3.63, 3.8) is 0 Å². The summed E-state index contributed by atoms with van der Waals surface area (Å²) in [7, 11) is 1.60. The zero-order valence-corrected chi connectivity index (χ0v) is 14.0. The lowest BCUT2D eigenvalue weighted by Gasteiger charge is -2.21. The fourth-order valence-electron chi connectivity index (χ4n) is 1.90. The van der Waals surface area contributed by atoms with E-state index < -0.39 is 11.6 Å². The Morgan fingerprint density at radius 2 is 1.87 bits per heavy atom. The van der Waals surface area contributed by atoms with E-state index >= 15 is 0 Å². The molecule has 126 valence electrons. The van der Waals surface area contributed by atoms with Gasteiger partial charge in [-0.05, 0) is 38.5 Å². The lowest BCUT2D eigenvalue weighted by molar-refractivity contribution is -0.155. The van der Waals surface area contributed by atoms with E-state index in [1.165, 1.54) is 17.0 Å². The maximum Gasteiger partial charge on any atom is 0.335 e. The van der Waals surface area contributed by atoms with Crippen LogP contribution in [-0.2, 0) is 20.7 Å². The van der Waals surface area contributed by atoms with Crippen LogP contribution in [0.15, 0.2) is 24.3 Å². The summed E-state index contributed by atoms with van der Waals surface area (Å²) in [6.07, 6.45) is 0.209. The fraction of sp³-hybridized carbons (Fsp3) is 0.471. The summed E-state index contributed by atoms with van der Waals surface area (Å²) in [4.78, 5) is 36.1. The molecule has 0 saturated carbocycles. The Labute approximate surface area is 136 Å². The van der Waals surface area contributed by atoms with Crippen LogP contribution in [-0.4, -0.2) is 47.0 Å². The van der Waals surface area contributed by atoms with E-state index in [1.807, 2.05) is 0 Å². The number of aromatic carboxylic acids is 1. The van der Waals surface area contributed by atoms with Crippen LogP contribution in [0.4, 0.5) is 0 Å². The normalized spacial score (nSPS) is 11.0. The minimum atomic E-state index is -1.03. The number of carboxylic acids is 1. The third kappa shape index (κ3) is 6.95. The highest BCUT2D eigenvalue weighted by atomic mass is 16.6. The van der Waals surface area contributed by atoms with Gasteiger partial charge >= 0.3 is 11.9 Å². The molecule has 0 aromatic heterocycles. The highest BCUT2D eigenvalue weighted by Crippen LogP contribution is 2.10. The van der Waals surface area contributed by atoms with Crippen LogP contribution in [0.5, 0.6) is 0 Å². The molecule has 1 aromatic carbocycles. The highest BCUT2D eigenvalue weighted by Gasteiger charge is 2.18. The molecule has 6 heteroatoms. The van der Waals surface area contributed by atoms with Crippen LogP contribution >= 0.6 is 0 Å². The predicted octanol–water partition coefficient (Wildman–Crippen LogP) is 2.12. The average molecular weight is 321 g/mol. The summed E-state index contributed by atoms with van der Waals surface area (Å²) < 4.78 is 5.19. The number of carbonyl (C=O) groups is 3. The van der Waals surface area contributed by atoms with Gasteiger partial charge in [-0.25, -0.2) is 4.79 Å². The number of ether oxygens (including phenoxy) is 1. The van der Waals surface area contributed by atoms with Gasteiger partial charge in [0.1, 0.15) is 5.60 Å². The van der Waals surface area contributed by atoms with Crippen LogP contribution in [0.25, 0.3) is 0 Å². The van der Waals surface area contributed by atoms with E-state index in [1.54, 1.807) is 40.0 Å². The van der Waals surface area contributed by atoms with Gasteiger partial charge in [0.05, 0.1) is 18.4 Å². The van der Waals surface area contributed by atoms with E-state index in [4.69, 9.17) is 9.84 Å². The Balaban J connectivity index is 2.53. The van der Waals surface area contributed by atoms with Crippen molar-refractivity contribution in [2.75, 3.05) is 13.6 Å². The average Bonchev–Trinajstić information content (AvgIpc) is 2.43. The van der Waals surface area contributed by atoms with Gasteiger partial charge < -0.3 is 14.7 Å². The fourth-order valence-corrected chi connectivity index (χ4v) is 1.90. The topological polar surface area (TPSA) is 83.9 Å². The number of amides is 1. The van der Waals surface area contributed by atoms with Gasteiger partial charge in [0.25, 0.3) is 0 Å². The van der Waals surface area contributed by atoms with E-state index in [0.29, 0.717) is 5.56 Å². The highest BCUT2D eigenvalue weighted by molar-refractivity contribution is 5.88. The third-order valence-electron chi connectivity index (χ3n) is 3.03. The van der Waals surface area contributed by atoms with Gasteiger partial charge in [-0.3, -0.25) is 9.59 Å². The van der Waals surface area contributed by atoms with Crippen molar-refractivity contribution in [1.29, 1.82) is 0 Å². The first kappa shape index (κ1) is 18.7. The Morgan fingerprint density at radius 1 is 1.22 bits per heavy atom. The molecule has 23 heavy (non-hydrogen) atoms. The van der Waals surface area contributed by atoms with E-state index in [9.17, 15) is 14.4 Å². The molecular weight excluding hydrogens is 298 g/mol. The first-order valence-corrected chi connectivity index (χ1v) is 7.36. The van der Waals surface area contributed by atoms with E-state index in [-0.39, 0.29) is 36.8 Å². The largest absolute Gasteiger partial charge is 0.478 e. The van der Waals surface area contributed by atoms with Crippen LogP contribution in [0.2, 0.25) is 0 Å². The van der Waals surface area contributed by atoms with Crippen LogP contribution in [0.3, 0.4) is 0 Å². The quantitative estimate of drug-likeness (QED) is 0.811. The molecule has 0 heterocycles. The number of benzene rings is 1. The molecule has 1 N–H and O–H groups in total. The molecule has 1 rings (SSSR count). The molecule has 0 unspecified atom stereocenters. The molecule has 0 bridgehead atoms. The van der Waals surface area contributed by atoms with Crippen molar-refractivity contribution in [2.45, 2.75) is 39.2 Å². The zero-order chi connectivity index (χ0) is 17.6.